The molecule has 0 radical (unpaired) electrons. The molecule has 0 amide bonds. The van der Waals surface area contributed by atoms with Crippen LogP contribution in [0.4, 0.5) is 0 Å². The Balaban J connectivity index is 2.43. The van der Waals surface area contributed by atoms with Crippen LogP contribution in [0.5, 0.6) is 5.75 Å². The first-order chi connectivity index (χ1) is 11.6. The number of ether oxygens (including phenoxy) is 2. The third-order valence-electron chi connectivity index (χ3n) is 3.27. The van der Waals surface area contributed by atoms with Gasteiger partial charge in [-0.1, -0.05) is 19.1 Å². The van der Waals surface area contributed by atoms with Crippen molar-refractivity contribution in [3.8, 4) is 18.1 Å². The van der Waals surface area contributed by atoms with Crippen LogP contribution in [0.2, 0.25) is 0 Å². The van der Waals surface area contributed by atoms with Crippen molar-refractivity contribution in [3.05, 3.63) is 42.0 Å². The maximum absolute atomic E-state index is 11.9. The lowest BCUT2D eigenvalue weighted by atomic mass is 10.1. The van der Waals surface area contributed by atoms with Gasteiger partial charge in [-0.15, -0.1) is 12.3 Å². The monoisotopic (exact) mass is 328 g/mol. The van der Waals surface area contributed by atoms with Crippen LogP contribution in [-0.4, -0.2) is 18.5 Å². The van der Waals surface area contributed by atoms with Gasteiger partial charge in [-0.3, -0.25) is 4.79 Å². The van der Waals surface area contributed by atoms with E-state index in [2.05, 4.69) is 5.92 Å². The van der Waals surface area contributed by atoms with Gasteiger partial charge in [0, 0.05) is 18.8 Å². The van der Waals surface area contributed by atoms with Gasteiger partial charge in [0.15, 0.2) is 0 Å². The van der Waals surface area contributed by atoms with Gasteiger partial charge in [0.05, 0.1) is 12.2 Å². The fourth-order valence-corrected chi connectivity index (χ4v) is 1.93. The first-order valence-electron chi connectivity index (χ1n) is 8.09. The first-order valence-corrected chi connectivity index (χ1v) is 8.09. The summed E-state index contributed by atoms with van der Waals surface area (Å²) >= 11 is 0. The van der Waals surface area contributed by atoms with Crippen molar-refractivity contribution < 1.29 is 19.1 Å². The summed E-state index contributed by atoms with van der Waals surface area (Å²) in [6.07, 6.45) is 11.7. The highest BCUT2D eigenvalue weighted by atomic mass is 16.5. The lowest BCUT2D eigenvalue weighted by Crippen LogP contribution is -2.12. The molecule has 0 aliphatic carbocycles. The standard InChI is InChI=1S/C20H24O4/c1-4-6-7-8-10-19(21)24-18-13-11-17(12-14-18)20(22)23-15-16(3)9-5-2/h2,4,6,11-14,16H,7-10,15H2,1,3H3/b6-4-. The molecule has 0 bridgehead atoms. The Morgan fingerprint density at radius 2 is 2.00 bits per heavy atom. The van der Waals surface area contributed by atoms with E-state index in [0.29, 0.717) is 24.2 Å². The van der Waals surface area contributed by atoms with E-state index in [9.17, 15) is 9.59 Å². The van der Waals surface area contributed by atoms with E-state index in [4.69, 9.17) is 15.9 Å². The third kappa shape index (κ3) is 7.64. The Bertz CT molecular complexity index is 593. The van der Waals surface area contributed by atoms with Crippen molar-refractivity contribution in [3.63, 3.8) is 0 Å². The van der Waals surface area contributed by atoms with Crippen LogP contribution < -0.4 is 4.74 Å². The van der Waals surface area contributed by atoms with E-state index in [0.717, 1.165) is 12.8 Å². The normalized spacial score (nSPS) is 11.7. The number of benzene rings is 1. The van der Waals surface area contributed by atoms with Crippen LogP contribution in [0, 0.1) is 18.3 Å². The molecule has 0 heterocycles. The molecule has 1 unspecified atom stereocenters. The van der Waals surface area contributed by atoms with Crippen LogP contribution in [0.15, 0.2) is 36.4 Å². The number of allylic oxidation sites excluding steroid dienone is 2. The summed E-state index contributed by atoms with van der Waals surface area (Å²) in [5.74, 6) is 2.39. The zero-order chi connectivity index (χ0) is 17.8. The minimum absolute atomic E-state index is 0.127. The number of unbranched alkanes of at least 4 members (excludes halogenated alkanes) is 1. The summed E-state index contributed by atoms with van der Waals surface area (Å²) in [7, 11) is 0. The molecule has 24 heavy (non-hydrogen) atoms. The van der Waals surface area contributed by atoms with Crippen molar-refractivity contribution in [2.75, 3.05) is 6.61 Å². The summed E-state index contributed by atoms with van der Waals surface area (Å²) in [6.45, 7) is 4.15. The summed E-state index contributed by atoms with van der Waals surface area (Å²) in [6, 6.07) is 6.34. The quantitative estimate of drug-likeness (QED) is 0.225. The Morgan fingerprint density at radius 3 is 2.62 bits per heavy atom. The van der Waals surface area contributed by atoms with E-state index in [1.165, 1.54) is 0 Å². The smallest absolute Gasteiger partial charge is 0.338 e. The highest BCUT2D eigenvalue weighted by molar-refractivity contribution is 5.89. The van der Waals surface area contributed by atoms with Gasteiger partial charge >= 0.3 is 11.9 Å². The van der Waals surface area contributed by atoms with E-state index in [-0.39, 0.29) is 18.5 Å². The van der Waals surface area contributed by atoms with Crippen LogP contribution in [0.1, 0.15) is 49.9 Å². The van der Waals surface area contributed by atoms with E-state index >= 15 is 0 Å². The molecule has 4 heteroatoms. The topological polar surface area (TPSA) is 52.6 Å². The molecule has 1 aromatic carbocycles. The molecule has 0 saturated carbocycles. The molecular weight excluding hydrogens is 304 g/mol. The van der Waals surface area contributed by atoms with Crippen LogP contribution >= 0.6 is 0 Å². The van der Waals surface area contributed by atoms with Crippen molar-refractivity contribution >= 4 is 11.9 Å². The first kappa shape index (κ1) is 19.5. The molecule has 1 atom stereocenters. The van der Waals surface area contributed by atoms with Crippen LogP contribution in [0.25, 0.3) is 0 Å². The fraction of sp³-hybridized carbons (Fsp3) is 0.400. The van der Waals surface area contributed by atoms with Gasteiger partial charge < -0.3 is 9.47 Å². The summed E-state index contributed by atoms with van der Waals surface area (Å²) in [5, 5.41) is 0. The summed E-state index contributed by atoms with van der Waals surface area (Å²) in [4.78, 5) is 23.6. The molecule has 4 nitrogen and oxygen atoms in total. The molecular formula is C20H24O4. The average Bonchev–Trinajstić information content (AvgIpc) is 2.57. The average molecular weight is 328 g/mol. The van der Waals surface area contributed by atoms with Gasteiger partial charge in [-0.2, -0.15) is 0 Å². The zero-order valence-corrected chi connectivity index (χ0v) is 14.3. The lowest BCUT2D eigenvalue weighted by Gasteiger charge is -2.09. The molecule has 0 aliphatic heterocycles. The molecule has 0 saturated heterocycles. The number of hydrogen-bond acceptors (Lipinski definition) is 4. The van der Waals surface area contributed by atoms with Crippen LogP contribution in [-0.2, 0) is 9.53 Å². The van der Waals surface area contributed by atoms with Crippen molar-refractivity contribution in [2.45, 2.75) is 39.5 Å². The van der Waals surface area contributed by atoms with E-state index < -0.39 is 5.97 Å². The third-order valence-corrected chi connectivity index (χ3v) is 3.27. The molecule has 0 N–H and O–H groups in total. The Kier molecular flexibility index (Phi) is 8.99. The predicted molar refractivity (Wildman–Crippen MR) is 93.6 cm³/mol. The van der Waals surface area contributed by atoms with Gasteiger partial charge in [-0.25, -0.2) is 4.79 Å². The van der Waals surface area contributed by atoms with Gasteiger partial charge in [-0.05, 0) is 44.0 Å². The number of rotatable bonds is 9. The zero-order valence-electron chi connectivity index (χ0n) is 14.3. The SMILES string of the molecule is C#CCC(C)COC(=O)c1ccc(OC(=O)CCC/C=C\C)cc1. The molecule has 1 rings (SSSR count). The number of carbonyl (C=O) groups excluding carboxylic acids is 2. The molecule has 0 aromatic heterocycles. The predicted octanol–water partition coefficient (Wildman–Crippen LogP) is 4.15. The second-order valence-corrected chi connectivity index (χ2v) is 5.57. The summed E-state index contributed by atoms with van der Waals surface area (Å²) < 4.78 is 10.4. The van der Waals surface area contributed by atoms with E-state index in [1.54, 1.807) is 24.3 Å². The molecule has 0 fully saturated rings. The number of hydrogen-bond donors (Lipinski definition) is 0. The Labute approximate surface area is 143 Å². The second kappa shape index (κ2) is 11.1. The van der Waals surface area contributed by atoms with E-state index in [1.807, 2.05) is 26.0 Å². The number of esters is 2. The summed E-state index contributed by atoms with van der Waals surface area (Å²) in [5.41, 5.74) is 0.413. The van der Waals surface area contributed by atoms with Crippen molar-refractivity contribution in [1.82, 2.24) is 0 Å². The van der Waals surface area contributed by atoms with Gasteiger partial charge in [0.2, 0.25) is 0 Å². The highest BCUT2D eigenvalue weighted by Crippen LogP contribution is 2.15. The molecule has 0 spiro atoms. The van der Waals surface area contributed by atoms with Crippen molar-refractivity contribution in [1.29, 1.82) is 0 Å². The maximum atomic E-state index is 11.9. The number of carbonyl (C=O) groups is 2. The molecule has 0 aliphatic rings. The Morgan fingerprint density at radius 1 is 1.29 bits per heavy atom. The maximum Gasteiger partial charge on any atom is 0.338 e. The second-order valence-electron chi connectivity index (χ2n) is 5.57. The lowest BCUT2D eigenvalue weighted by molar-refractivity contribution is -0.134. The van der Waals surface area contributed by atoms with Gasteiger partial charge in [0.1, 0.15) is 5.75 Å². The van der Waals surface area contributed by atoms with Crippen molar-refractivity contribution in [2.24, 2.45) is 5.92 Å². The molecule has 1 aromatic rings. The highest BCUT2D eigenvalue weighted by Gasteiger charge is 2.10. The van der Waals surface area contributed by atoms with Gasteiger partial charge in [0.25, 0.3) is 0 Å². The molecule has 128 valence electrons. The largest absolute Gasteiger partial charge is 0.462 e. The minimum Gasteiger partial charge on any atom is -0.462 e. The minimum atomic E-state index is -0.414. The number of terminal acetylenes is 1. The Hall–Kier alpha value is -2.54. The fourth-order valence-electron chi connectivity index (χ4n) is 1.93. The van der Waals surface area contributed by atoms with Crippen LogP contribution in [0.3, 0.4) is 0 Å².